The van der Waals surface area contributed by atoms with E-state index in [9.17, 15) is 9.18 Å². The highest BCUT2D eigenvalue weighted by atomic mass is 35.5. The molecular formula is C20H18ClFN4O. The van der Waals surface area contributed by atoms with Crippen molar-refractivity contribution in [3.8, 4) is 0 Å². The first-order valence-corrected chi connectivity index (χ1v) is 8.75. The lowest BCUT2D eigenvalue weighted by atomic mass is 10.2. The first-order chi connectivity index (χ1) is 13.0. The lowest BCUT2D eigenvalue weighted by Crippen LogP contribution is -2.25. The molecule has 5 nitrogen and oxygen atoms in total. The minimum Gasteiger partial charge on any atom is -0.350 e. The summed E-state index contributed by atoms with van der Waals surface area (Å²) in [7, 11) is 0. The van der Waals surface area contributed by atoms with Crippen LogP contribution in [0.25, 0.3) is 0 Å². The lowest BCUT2D eigenvalue weighted by Gasteiger charge is -2.10. The standard InChI is InChI=1S/C20H18ClFN4O/c1-13-10-18(19(27)23-12-15-7-3-5-9-17(15)22)26-20(25-13)24-11-14-6-2-4-8-16(14)21/h2-10H,11-12H2,1H3,(H,23,27)(H,24,25,26). The Balaban J connectivity index is 1.68. The Kier molecular flexibility index (Phi) is 5.98. The molecule has 7 heteroatoms. The van der Waals surface area contributed by atoms with Crippen molar-refractivity contribution in [2.45, 2.75) is 20.0 Å². The molecule has 0 fully saturated rings. The van der Waals surface area contributed by atoms with Gasteiger partial charge in [-0.15, -0.1) is 0 Å². The Morgan fingerprint density at radius 1 is 1.04 bits per heavy atom. The van der Waals surface area contributed by atoms with Crippen LogP contribution in [0.1, 0.15) is 27.3 Å². The van der Waals surface area contributed by atoms with Gasteiger partial charge in [-0.1, -0.05) is 48.0 Å². The molecule has 0 atom stereocenters. The van der Waals surface area contributed by atoms with Gasteiger partial charge in [0, 0.05) is 29.4 Å². The van der Waals surface area contributed by atoms with Crippen LogP contribution in [0.15, 0.2) is 54.6 Å². The first kappa shape index (κ1) is 18.8. The second-order valence-electron chi connectivity index (χ2n) is 5.94. The summed E-state index contributed by atoms with van der Waals surface area (Å²) in [6, 6.07) is 15.3. The van der Waals surface area contributed by atoms with E-state index >= 15 is 0 Å². The molecule has 0 saturated heterocycles. The summed E-state index contributed by atoms with van der Waals surface area (Å²) in [6.45, 7) is 2.28. The van der Waals surface area contributed by atoms with Crippen LogP contribution in [0.4, 0.5) is 10.3 Å². The third-order valence-corrected chi connectivity index (χ3v) is 4.25. The summed E-state index contributed by atoms with van der Waals surface area (Å²) in [6.07, 6.45) is 0. The average molecular weight is 385 g/mol. The monoisotopic (exact) mass is 384 g/mol. The van der Waals surface area contributed by atoms with Crippen molar-refractivity contribution in [1.82, 2.24) is 15.3 Å². The molecule has 1 aromatic heterocycles. The number of hydrogen-bond donors (Lipinski definition) is 2. The number of anilines is 1. The van der Waals surface area contributed by atoms with Gasteiger partial charge in [-0.05, 0) is 30.7 Å². The molecule has 0 aliphatic heterocycles. The number of aromatic nitrogens is 2. The molecule has 1 amide bonds. The third kappa shape index (κ3) is 5.01. The molecule has 2 N–H and O–H groups in total. The van der Waals surface area contributed by atoms with E-state index in [1.165, 1.54) is 6.07 Å². The van der Waals surface area contributed by atoms with E-state index in [1.807, 2.05) is 18.2 Å². The quantitative estimate of drug-likeness (QED) is 0.671. The third-order valence-electron chi connectivity index (χ3n) is 3.88. The number of aryl methyl sites for hydroxylation is 1. The van der Waals surface area contributed by atoms with E-state index in [0.29, 0.717) is 28.8 Å². The SMILES string of the molecule is Cc1cc(C(=O)NCc2ccccc2F)nc(NCc2ccccc2Cl)n1. The predicted octanol–water partition coefficient (Wildman–Crippen LogP) is 4.12. The van der Waals surface area contributed by atoms with Gasteiger partial charge in [0.05, 0.1) is 0 Å². The fraction of sp³-hybridized carbons (Fsp3) is 0.150. The average Bonchev–Trinajstić information content (AvgIpc) is 2.66. The van der Waals surface area contributed by atoms with Crippen LogP contribution in [0, 0.1) is 12.7 Å². The van der Waals surface area contributed by atoms with E-state index in [1.54, 1.807) is 37.3 Å². The zero-order valence-corrected chi connectivity index (χ0v) is 15.4. The molecule has 0 saturated carbocycles. The van der Waals surface area contributed by atoms with Crippen LogP contribution >= 0.6 is 11.6 Å². The molecule has 0 unspecified atom stereocenters. The highest BCUT2D eigenvalue weighted by molar-refractivity contribution is 6.31. The lowest BCUT2D eigenvalue weighted by molar-refractivity contribution is 0.0945. The molecule has 3 rings (SSSR count). The van der Waals surface area contributed by atoms with Crippen molar-refractivity contribution in [2.75, 3.05) is 5.32 Å². The molecule has 1 heterocycles. The fourth-order valence-electron chi connectivity index (χ4n) is 2.49. The molecule has 0 bridgehead atoms. The van der Waals surface area contributed by atoms with Gasteiger partial charge in [-0.3, -0.25) is 4.79 Å². The second kappa shape index (κ2) is 8.60. The number of benzene rings is 2. The smallest absolute Gasteiger partial charge is 0.270 e. The van der Waals surface area contributed by atoms with E-state index in [2.05, 4.69) is 20.6 Å². The molecular weight excluding hydrogens is 367 g/mol. The zero-order valence-electron chi connectivity index (χ0n) is 14.7. The molecule has 0 radical (unpaired) electrons. The zero-order chi connectivity index (χ0) is 19.2. The van der Waals surface area contributed by atoms with E-state index in [0.717, 1.165) is 5.56 Å². The number of amides is 1. The Labute approximate surface area is 161 Å². The minimum atomic E-state index is -0.399. The van der Waals surface area contributed by atoms with Crippen molar-refractivity contribution < 1.29 is 9.18 Å². The predicted molar refractivity (Wildman–Crippen MR) is 103 cm³/mol. The van der Waals surface area contributed by atoms with Gasteiger partial charge in [0.15, 0.2) is 0 Å². The van der Waals surface area contributed by atoms with Gasteiger partial charge in [0.1, 0.15) is 11.5 Å². The minimum absolute atomic E-state index is 0.0803. The van der Waals surface area contributed by atoms with Crippen LogP contribution in [-0.2, 0) is 13.1 Å². The van der Waals surface area contributed by atoms with Gasteiger partial charge in [0.2, 0.25) is 5.95 Å². The Morgan fingerprint density at radius 3 is 2.48 bits per heavy atom. The maximum atomic E-state index is 13.7. The highest BCUT2D eigenvalue weighted by Crippen LogP contribution is 2.16. The number of carbonyl (C=O) groups is 1. The number of nitrogens with one attached hydrogen (secondary N) is 2. The van der Waals surface area contributed by atoms with Crippen molar-refractivity contribution in [2.24, 2.45) is 0 Å². The number of halogens is 2. The number of nitrogens with zero attached hydrogens (tertiary/aromatic N) is 2. The molecule has 3 aromatic rings. The summed E-state index contributed by atoms with van der Waals surface area (Å²) in [5.41, 5.74) is 2.16. The molecule has 27 heavy (non-hydrogen) atoms. The molecule has 2 aromatic carbocycles. The Morgan fingerprint density at radius 2 is 1.74 bits per heavy atom. The van der Waals surface area contributed by atoms with Gasteiger partial charge in [-0.25, -0.2) is 14.4 Å². The van der Waals surface area contributed by atoms with Crippen molar-refractivity contribution in [1.29, 1.82) is 0 Å². The Bertz CT molecular complexity index is 964. The topological polar surface area (TPSA) is 66.9 Å². The van der Waals surface area contributed by atoms with E-state index in [-0.39, 0.29) is 18.1 Å². The van der Waals surface area contributed by atoms with Crippen LogP contribution in [0.2, 0.25) is 5.02 Å². The first-order valence-electron chi connectivity index (χ1n) is 8.37. The molecule has 0 aliphatic rings. The second-order valence-corrected chi connectivity index (χ2v) is 6.34. The van der Waals surface area contributed by atoms with Crippen LogP contribution in [-0.4, -0.2) is 15.9 Å². The van der Waals surface area contributed by atoms with Crippen LogP contribution in [0.3, 0.4) is 0 Å². The van der Waals surface area contributed by atoms with Gasteiger partial charge >= 0.3 is 0 Å². The maximum Gasteiger partial charge on any atom is 0.270 e. The summed E-state index contributed by atoms with van der Waals surface area (Å²) < 4.78 is 13.7. The van der Waals surface area contributed by atoms with Crippen molar-refractivity contribution >= 4 is 23.5 Å². The summed E-state index contributed by atoms with van der Waals surface area (Å²) in [5.74, 6) is -0.436. The summed E-state index contributed by atoms with van der Waals surface area (Å²) in [4.78, 5) is 20.9. The van der Waals surface area contributed by atoms with Crippen molar-refractivity contribution in [3.05, 3.63) is 88.0 Å². The van der Waals surface area contributed by atoms with Crippen LogP contribution < -0.4 is 10.6 Å². The molecule has 0 aliphatic carbocycles. The van der Waals surface area contributed by atoms with Gasteiger partial charge < -0.3 is 10.6 Å². The van der Waals surface area contributed by atoms with Crippen molar-refractivity contribution in [3.63, 3.8) is 0 Å². The van der Waals surface area contributed by atoms with E-state index < -0.39 is 5.91 Å². The summed E-state index contributed by atoms with van der Waals surface area (Å²) in [5, 5.41) is 6.39. The highest BCUT2D eigenvalue weighted by Gasteiger charge is 2.12. The number of carbonyl (C=O) groups excluding carboxylic acids is 1. The fourth-order valence-corrected chi connectivity index (χ4v) is 2.69. The van der Waals surface area contributed by atoms with Crippen LogP contribution in [0.5, 0.6) is 0 Å². The number of rotatable bonds is 6. The number of hydrogen-bond acceptors (Lipinski definition) is 4. The van der Waals surface area contributed by atoms with E-state index in [4.69, 9.17) is 11.6 Å². The molecule has 0 spiro atoms. The van der Waals surface area contributed by atoms with Gasteiger partial charge in [0.25, 0.3) is 5.91 Å². The largest absolute Gasteiger partial charge is 0.350 e. The van der Waals surface area contributed by atoms with Gasteiger partial charge in [-0.2, -0.15) is 0 Å². The maximum absolute atomic E-state index is 13.7. The normalized spacial score (nSPS) is 10.5. The molecule has 138 valence electrons. The Hall–Kier alpha value is -2.99. The summed E-state index contributed by atoms with van der Waals surface area (Å²) >= 11 is 6.14.